The minimum atomic E-state index is -3.53. The predicted molar refractivity (Wildman–Crippen MR) is 71.9 cm³/mol. The third-order valence-corrected chi connectivity index (χ3v) is 5.25. The maximum Gasteiger partial charge on any atom is 0.242 e. The van der Waals surface area contributed by atoms with Gasteiger partial charge in [0.15, 0.2) is 0 Å². The Morgan fingerprint density at radius 3 is 2.58 bits per heavy atom. The number of hydrogen-bond donors (Lipinski definition) is 1. The topological polar surface area (TPSA) is 49.4 Å². The summed E-state index contributed by atoms with van der Waals surface area (Å²) in [5, 5.41) is 3.32. The van der Waals surface area contributed by atoms with Gasteiger partial charge in [0.1, 0.15) is 5.82 Å². The molecule has 19 heavy (non-hydrogen) atoms. The molecule has 1 fully saturated rings. The van der Waals surface area contributed by atoms with Gasteiger partial charge in [-0.05, 0) is 43.7 Å². The highest BCUT2D eigenvalue weighted by Crippen LogP contribution is 2.16. The SMILES string of the molecule is CN(CC1CCCCN1)S(=O)(=O)c1ccc(F)cc1. The van der Waals surface area contributed by atoms with Crippen LogP contribution < -0.4 is 5.32 Å². The summed E-state index contributed by atoms with van der Waals surface area (Å²) in [6.45, 7) is 1.38. The fourth-order valence-corrected chi connectivity index (χ4v) is 3.49. The highest BCUT2D eigenvalue weighted by Gasteiger charge is 2.24. The molecule has 1 unspecified atom stereocenters. The summed E-state index contributed by atoms with van der Waals surface area (Å²) in [5.41, 5.74) is 0. The molecule has 6 heteroatoms. The highest BCUT2D eigenvalue weighted by atomic mass is 32.2. The van der Waals surface area contributed by atoms with Gasteiger partial charge in [0, 0.05) is 19.6 Å². The van der Waals surface area contributed by atoms with E-state index in [9.17, 15) is 12.8 Å². The molecular weight excluding hydrogens is 267 g/mol. The third kappa shape index (κ3) is 3.52. The Balaban J connectivity index is 2.07. The van der Waals surface area contributed by atoms with Crippen LogP contribution in [-0.4, -0.2) is 38.9 Å². The maximum absolute atomic E-state index is 12.8. The molecule has 4 nitrogen and oxygen atoms in total. The van der Waals surface area contributed by atoms with Crippen molar-refractivity contribution in [1.82, 2.24) is 9.62 Å². The first-order valence-electron chi connectivity index (χ1n) is 6.45. The van der Waals surface area contributed by atoms with E-state index in [1.807, 2.05) is 0 Å². The van der Waals surface area contributed by atoms with Crippen LogP contribution in [0.4, 0.5) is 4.39 Å². The van der Waals surface area contributed by atoms with Crippen molar-refractivity contribution in [3.63, 3.8) is 0 Å². The van der Waals surface area contributed by atoms with Crippen LogP contribution in [0, 0.1) is 5.82 Å². The predicted octanol–water partition coefficient (Wildman–Crippen LogP) is 1.59. The Kier molecular flexibility index (Phi) is 4.54. The van der Waals surface area contributed by atoms with Gasteiger partial charge in [0.2, 0.25) is 10.0 Å². The quantitative estimate of drug-likeness (QED) is 0.914. The van der Waals surface area contributed by atoms with Gasteiger partial charge in [-0.2, -0.15) is 4.31 Å². The average molecular weight is 286 g/mol. The van der Waals surface area contributed by atoms with Crippen LogP contribution >= 0.6 is 0 Å². The normalized spacial score (nSPS) is 20.7. The molecule has 1 aliphatic rings. The van der Waals surface area contributed by atoms with Crippen LogP contribution in [0.25, 0.3) is 0 Å². The van der Waals surface area contributed by atoms with E-state index in [0.717, 1.165) is 25.8 Å². The Bertz CT molecular complexity index is 510. The summed E-state index contributed by atoms with van der Waals surface area (Å²) < 4.78 is 38.8. The summed E-state index contributed by atoms with van der Waals surface area (Å²) >= 11 is 0. The van der Waals surface area contributed by atoms with Gasteiger partial charge in [-0.1, -0.05) is 6.42 Å². The first-order valence-corrected chi connectivity index (χ1v) is 7.89. The summed E-state index contributed by atoms with van der Waals surface area (Å²) in [6, 6.07) is 5.14. The van der Waals surface area contributed by atoms with Crippen molar-refractivity contribution in [2.24, 2.45) is 0 Å². The van der Waals surface area contributed by atoms with E-state index in [4.69, 9.17) is 0 Å². The fraction of sp³-hybridized carbons (Fsp3) is 0.538. The second-order valence-electron chi connectivity index (χ2n) is 4.89. The minimum Gasteiger partial charge on any atom is -0.313 e. The standard InChI is InChI=1S/C13H19FN2O2S/c1-16(10-12-4-2-3-9-15-12)19(17,18)13-7-5-11(14)6-8-13/h5-8,12,15H,2-4,9-10H2,1H3. The molecule has 1 aromatic carbocycles. The lowest BCUT2D eigenvalue weighted by molar-refractivity contribution is 0.337. The number of piperidine rings is 1. The molecule has 0 bridgehead atoms. The fourth-order valence-electron chi connectivity index (χ4n) is 2.27. The molecular formula is C13H19FN2O2S. The monoisotopic (exact) mass is 286 g/mol. The van der Waals surface area contributed by atoms with Gasteiger partial charge >= 0.3 is 0 Å². The Labute approximate surface area is 113 Å². The molecule has 0 radical (unpaired) electrons. The van der Waals surface area contributed by atoms with E-state index in [2.05, 4.69) is 5.32 Å². The van der Waals surface area contributed by atoms with E-state index in [-0.39, 0.29) is 10.9 Å². The van der Waals surface area contributed by atoms with Crippen molar-refractivity contribution in [3.05, 3.63) is 30.1 Å². The van der Waals surface area contributed by atoms with Gasteiger partial charge in [-0.15, -0.1) is 0 Å². The summed E-state index contributed by atoms with van der Waals surface area (Å²) in [6.07, 6.45) is 3.26. The number of hydrogen-bond acceptors (Lipinski definition) is 3. The van der Waals surface area contributed by atoms with E-state index in [1.165, 1.54) is 28.6 Å². The second-order valence-corrected chi connectivity index (χ2v) is 6.93. The minimum absolute atomic E-state index is 0.132. The van der Waals surface area contributed by atoms with Crippen molar-refractivity contribution in [3.8, 4) is 0 Å². The van der Waals surface area contributed by atoms with Crippen LogP contribution in [0.2, 0.25) is 0 Å². The van der Waals surface area contributed by atoms with E-state index >= 15 is 0 Å². The Hall–Kier alpha value is -0.980. The second kappa shape index (κ2) is 5.98. The molecule has 2 rings (SSSR count). The van der Waals surface area contributed by atoms with Crippen molar-refractivity contribution in [1.29, 1.82) is 0 Å². The van der Waals surface area contributed by atoms with Crippen LogP contribution in [0.3, 0.4) is 0 Å². The van der Waals surface area contributed by atoms with Crippen LogP contribution in [0.5, 0.6) is 0 Å². The largest absolute Gasteiger partial charge is 0.313 e. The van der Waals surface area contributed by atoms with Gasteiger partial charge in [-0.3, -0.25) is 0 Å². The zero-order valence-corrected chi connectivity index (χ0v) is 11.8. The molecule has 1 aromatic rings. The maximum atomic E-state index is 12.8. The lowest BCUT2D eigenvalue weighted by Gasteiger charge is -2.27. The number of likely N-dealkylation sites (N-methyl/N-ethyl adjacent to an activating group) is 1. The van der Waals surface area contributed by atoms with Crippen LogP contribution in [-0.2, 0) is 10.0 Å². The summed E-state index contributed by atoms with van der Waals surface area (Å²) in [4.78, 5) is 0.132. The average Bonchev–Trinajstić information content (AvgIpc) is 2.40. The summed E-state index contributed by atoms with van der Waals surface area (Å²) in [5.74, 6) is -0.435. The third-order valence-electron chi connectivity index (χ3n) is 3.41. The zero-order valence-electron chi connectivity index (χ0n) is 11.0. The molecule has 1 heterocycles. The van der Waals surface area contributed by atoms with Crippen molar-refractivity contribution >= 4 is 10.0 Å². The van der Waals surface area contributed by atoms with E-state index in [0.29, 0.717) is 6.54 Å². The van der Waals surface area contributed by atoms with Gasteiger partial charge < -0.3 is 5.32 Å². The molecule has 106 valence electrons. The van der Waals surface area contributed by atoms with Crippen molar-refractivity contribution in [2.45, 2.75) is 30.2 Å². The van der Waals surface area contributed by atoms with Gasteiger partial charge in [0.25, 0.3) is 0 Å². The number of rotatable bonds is 4. The molecule has 0 spiro atoms. The smallest absolute Gasteiger partial charge is 0.242 e. The molecule has 0 aliphatic carbocycles. The molecule has 1 atom stereocenters. The van der Waals surface area contributed by atoms with E-state index < -0.39 is 15.8 Å². The van der Waals surface area contributed by atoms with Crippen molar-refractivity contribution in [2.75, 3.05) is 20.1 Å². The molecule has 1 N–H and O–H groups in total. The van der Waals surface area contributed by atoms with Crippen LogP contribution in [0.1, 0.15) is 19.3 Å². The zero-order chi connectivity index (χ0) is 13.9. The Morgan fingerprint density at radius 2 is 2.00 bits per heavy atom. The number of nitrogens with one attached hydrogen (secondary N) is 1. The number of sulfonamides is 1. The molecule has 1 aliphatic heterocycles. The molecule has 1 saturated heterocycles. The summed E-state index contributed by atoms with van der Waals surface area (Å²) in [7, 11) is -1.96. The Morgan fingerprint density at radius 1 is 1.32 bits per heavy atom. The molecule has 0 saturated carbocycles. The van der Waals surface area contributed by atoms with Crippen molar-refractivity contribution < 1.29 is 12.8 Å². The lowest BCUT2D eigenvalue weighted by Crippen LogP contribution is -2.44. The van der Waals surface area contributed by atoms with E-state index in [1.54, 1.807) is 7.05 Å². The van der Waals surface area contributed by atoms with Gasteiger partial charge in [0.05, 0.1) is 4.90 Å². The first-order chi connectivity index (χ1) is 9.00. The van der Waals surface area contributed by atoms with Gasteiger partial charge in [-0.25, -0.2) is 12.8 Å². The first kappa shape index (κ1) is 14.4. The molecule has 0 aromatic heterocycles. The number of nitrogens with zero attached hydrogens (tertiary/aromatic N) is 1. The van der Waals surface area contributed by atoms with Crippen LogP contribution in [0.15, 0.2) is 29.2 Å². The highest BCUT2D eigenvalue weighted by molar-refractivity contribution is 7.89. The lowest BCUT2D eigenvalue weighted by atomic mass is 10.1. The molecule has 0 amide bonds. The number of benzene rings is 1. The number of halogens is 1.